The van der Waals surface area contributed by atoms with Gasteiger partial charge in [-0.25, -0.2) is 0 Å². The van der Waals surface area contributed by atoms with Crippen LogP contribution in [0.2, 0.25) is 0 Å². The molecule has 26 heavy (non-hydrogen) atoms. The highest BCUT2D eigenvalue weighted by molar-refractivity contribution is 6.01. The molecule has 0 aliphatic carbocycles. The van der Waals surface area contributed by atoms with Crippen LogP contribution >= 0.6 is 0 Å². The molecule has 2 aromatic rings. The van der Waals surface area contributed by atoms with Gasteiger partial charge >= 0.3 is 0 Å². The zero-order valence-electron chi connectivity index (χ0n) is 14.9. The Morgan fingerprint density at radius 1 is 1.15 bits per heavy atom. The predicted molar refractivity (Wildman–Crippen MR) is 98.6 cm³/mol. The number of para-hydroxylation sites is 1. The van der Waals surface area contributed by atoms with Gasteiger partial charge in [-0.05, 0) is 35.9 Å². The van der Waals surface area contributed by atoms with Gasteiger partial charge < -0.3 is 19.7 Å². The second-order valence-electron chi connectivity index (χ2n) is 6.18. The van der Waals surface area contributed by atoms with Crippen LogP contribution in [0, 0.1) is 0 Å². The molecule has 6 nitrogen and oxygen atoms in total. The molecule has 0 fully saturated rings. The summed E-state index contributed by atoms with van der Waals surface area (Å²) in [5, 5.41) is 2.81. The Morgan fingerprint density at radius 2 is 1.85 bits per heavy atom. The van der Waals surface area contributed by atoms with Crippen LogP contribution in [0.5, 0.6) is 11.5 Å². The number of carbonyl (C=O) groups is 2. The lowest BCUT2D eigenvalue weighted by Crippen LogP contribution is -2.38. The molecule has 0 radical (unpaired) electrons. The van der Waals surface area contributed by atoms with E-state index in [0.717, 1.165) is 11.3 Å². The summed E-state index contributed by atoms with van der Waals surface area (Å²) in [6.07, 6.45) is 0.166. The second-order valence-corrected chi connectivity index (χ2v) is 6.18. The van der Waals surface area contributed by atoms with Gasteiger partial charge in [-0.15, -0.1) is 0 Å². The van der Waals surface area contributed by atoms with Gasteiger partial charge in [0.05, 0.1) is 19.6 Å². The average Bonchev–Trinajstić information content (AvgIpc) is 2.67. The van der Waals surface area contributed by atoms with Crippen LogP contribution in [0.15, 0.2) is 48.5 Å². The molecule has 1 aliphatic heterocycles. The highest BCUT2D eigenvalue weighted by Crippen LogP contribution is 2.33. The van der Waals surface area contributed by atoms with Gasteiger partial charge in [-0.3, -0.25) is 9.59 Å². The summed E-state index contributed by atoms with van der Waals surface area (Å²) in [5.74, 6) is 0.814. The van der Waals surface area contributed by atoms with Crippen molar-refractivity contribution in [2.75, 3.05) is 32.6 Å². The molecule has 1 atom stereocenters. The largest absolute Gasteiger partial charge is 0.497 e. The zero-order chi connectivity index (χ0) is 18.5. The SMILES string of the molecule is COc1ccc(OCCN(C)C(=O)C2CC(=O)Nc3ccccc32)cc1. The molecular weight excluding hydrogens is 332 g/mol. The Bertz CT molecular complexity index is 789. The summed E-state index contributed by atoms with van der Waals surface area (Å²) in [6.45, 7) is 0.806. The Hall–Kier alpha value is -3.02. The molecule has 0 bridgehead atoms. The van der Waals surface area contributed by atoms with Crippen molar-refractivity contribution in [3.8, 4) is 11.5 Å². The first kappa shape index (κ1) is 17.8. The minimum Gasteiger partial charge on any atom is -0.497 e. The average molecular weight is 354 g/mol. The van der Waals surface area contributed by atoms with Gasteiger partial charge in [-0.1, -0.05) is 18.2 Å². The topological polar surface area (TPSA) is 67.9 Å². The number of hydrogen-bond donors (Lipinski definition) is 1. The Balaban J connectivity index is 1.58. The van der Waals surface area contributed by atoms with Crippen molar-refractivity contribution in [3.05, 3.63) is 54.1 Å². The standard InChI is InChI=1S/C20H22N2O4/c1-22(11-12-26-15-9-7-14(25-2)8-10-15)20(24)17-13-19(23)21-18-6-4-3-5-16(17)18/h3-10,17H,11-13H2,1-2H3,(H,21,23). The second kappa shape index (κ2) is 7.91. The van der Waals surface area contributed by atoms with Gasteiger partial charge in [0.15, 0.2) is 0 Å². The van der Waals surface area contributed by atoms with E-state index in [1.807, 2.05) is 48.5 Å². The summed E-state index contributed by atoms with van der Waals surface area (Å²) in [6, 6.07) is 14.7. The van der Waals surface area contributed by atoms with Crippen LogP contribution in [0.4, 0.5) is 5.69 Å². The van der Waals surface area contributed by atoms with E-state index >= 15 is 0 Å². The number of nitrogens with zero attached hydrogens (tertiary/aromatic N) is 1. The van der Waals surface area contributed by atoms with E-state index in [1.54, 1.807) is 19.1 Å². The fourth-order valence-corrected chi connectivity index (χ4v) is 2.98. The number of methoxy groups -OCH3 is 1. The number of amides is 2. The van der Waals surface area contributed by atoms with Gasteiger partial charge in [0.2, 0.25) is 11.8 Å². The van der Waals surface area contributed by atoms with Crippen LogP contribution in [0.1, 0.15) is 17.9 Å². The highest BCUT2D eigenvalue weighted by Gasteiger charge is 2.32. The summed E-state index contributed by atoms with van der Waals surface area (Å²) >= 11 is 0. The van der Waals surface area contributed by atoms with E-state index < -0.39 is 5.92 Å². The molecule has 0 spiro atoms. The van der Waals surface area contributed by atoms with Crippen LogP contribution in [0.25, 0.3) is 0 Å². The Kier molecular flexibility index (Phi) is 5.41. The normalized spacial score (nSPS) is 15.6. The van der Waals surface area contributed by atoms with Crippen molar-refractivity contribution in [2.45, 2.75) is 12.3 Å². The van der Waals surface area contributed by atoms with E-state index in [-0.39, 0.29) is 18.2 Å². The molecule has 0 saturated carbocycles. The lowest BCUT2D eigenvalue weighted by Gasteiger charge is -2.28. The van der Waals surface area contributed by atoms with E-state index in [2.05, 4.69) is 5.32 Å². The minimum atomic E-state index is -0.453. The number of carbonyl (C=O) groups excluding carboxylic acids is 2. The van der Waals surface area contributed by atoms with E-state index in [9.17, 15) is 9.59 Å². The lowest BCUT2D eigenvalue weighted by atomic mass is 9.89. The van der Waals surface area contributed by atoms with Gasteiger partial charge in [0.25, 0.3) is 0 Å². The van der Waals surface area contributed by atoms with Crippen LogP contribution < -0.4 is 14.8 Å². The summed E-state index contributed by atoms with van der Waals surface area (Å²) in [4.78, 5) is 26.3. The number of anilines is 1. The molecular formula is C20H22N2O4. The summed E-state index contributed by atoms with van der Waals surface area (Å²) in [5.41, 5.74) is 1.57. The van der Waals surface area contributed by atoms with Crippen molar-refractivity contribution < 1.29 is 19.1 Å². The van der Waals surface area contributed by atoms with Crippen molar-refractivity contribution in [3.63, 3.8) is 0 Å². The first-order valence-electron chi connectivity index (χ1n) is 8.49. The fourth-order valence-electron chi connectivity index (χ4n) is 2.98. The Morgan fingerprint density at radius 3 is 2.58 bits per heavy atom. The third kappa shape index (κ3) is 3.96. The van der Waals surface area contributed by atoms with Crippen LogP contribution in [-0.2, 0) is 9.59 Å². The van der Waals surface area contributed by atoms with E-state index in [4.69, 9.17) is 9.47 Å². The molecule has 0 saturated heterocycles. The van der Waals surface area contributed by atoms with Crippen LogP contribution in [0.3, 0.4) is 0 Å². The maximum atomic E-state index is 12.8. The quantitative estimate of drug-likeness (QED) is 0.866. The maximum Gasteiger partial charge on any atom is 0.230 e. The third-order valence-electron chi connectivity index (χ3n) is 4.43. The van der Waals surface area contributed by atoms with Gasteiger partial charge in [0.1, 0.15) is 18.1 Å². The van der Waals surface area contributed by atoms with Crippen molar-refractivity contribution in [1.82, 2.24) is 4.90 Å². The molecule has 136 valence electrons. The molecule has 0 aromatic heterocycles. The third-order valence-corrected chi connectivity index (χ3v) is 4.43. The van der Waals surface area contributed by atoms with E-state index in [1.165, 1.54) is 0 Å². The molecule has 1 aliphatic rings. The van der Waals surface area contributed by atoms with Crippen LogP contribution in [-0.4, -0.2) is 44.0 Å². The fraction of sp³-hybridized carbons (Fsp3) is 0.300. The Labute approximate surface area is 152 Å². The lowest BCUT2D eigenvalue weighted by molar-refractivity contribution is -0.134. The first-order valence-corrected chi connectivity index (χ1v) is 8.49. The number of rotatable bonds is 6. The maximum absolute atomic E-state index is 12.8. The van der Waals surface area contributed by atoms with Crippen molar-refractivity contribution in [1.29, 1.82) is 0 Å². The summed E-state index contributed by atoms with van der Waals surface area (Å²) < 4.78 is 10.8. The minimum absolute atomic E-state index is 0.0781. The molecule has 1 unspecified atom stereocenters. The van der Waals surface area contributed by atoms with Gasteiger partial charge in [0, 0.05) is 19.2 Å². The number of hydrogen-bond acceptors (Lipinski definition) is 4. The highest BCUT2D eigenvalue weighted by atomic mass is 16.5. The van der Waals surface area contributed by atoms with Gasteiger partial charge in [-0.2, -0.15) is 0 Å². The molecule has 3 rings (SSSR count). The smallest absolute Gasteiger partial charge is 0.230 e. The molecule has 1 N–H and O–H groups in total. The van der Waals surface area contributed by atoms with E-state index in [0.29, 0.717) is 24.6 Å². The molecule has 2 amide bonds. The molecule has 6 heteroatoms. The number of fused-ring (bicyclic) bond motifs is 1. The van der Waals surface area contributed by atoms with Crippen molar-refractivity contribution >= 4 is 17.5 Å². The summed E-state index contributed by atoms with van der Waals surface area (Å²) in [7, 11) is 3.34. The first-order chi connectivity index (χ1) is 12.6. The number of ether oxygens (including phenoxy) is 2. The number of nitrogens with one attached hydrogen (secondary N) is 1. The molecule has 1 heterocycles. The number of likely N-dealkylation sites (N-methyl/N-ethyl adjacent to an activating group) is 1. The number of benzene rings is 2. The molecule has 2 aromatic carbocycles. The van der Waals surface area contributed by atoms with Crippen molar-refractivity contribution in [2.24, 2.45) is 0 Å². The zero-order valence-corrected chi connectivity index (χ0v) is 14.9. The predicted octanol–water partition coefficient (Wildman–Crippen LogP) is 2.66. The monoisotopic (exact) mass is 354 g/mol.